The average molecular weight is 295 g/mol. The van der Waals surface area contributed by atoms with Gasteiger partial charge in [0.2, 0.25) is 11.8 Å². The molecule has 0 aromatic heterocycles. The Morgan fingerprint density at radius 1 is 1.05 bits per heavy atom. The lowest BCUT2D eigenvalue weighted by molar-refractivity contribution is -0.150. The summed E-state index contributed by atoms with van der Waals surface area (Å²) in [5, 5.41) is 0. The number of carbonyl (C=O) groups is 2. The van der Waals surface area contributed by atoms with Crippen LogP contribution in [0.25, 0.3) is 0 Å². The van der Waals surface area contributed by atoms with E-state index in [4.69, 9.17) is 0 Å². The van der Waals surface area contributed by atoms with Gasteiger partial charge in [-0.2, -0.15) is 0 Å². The SMILES string of the molecule is CC(=O)N1C[C@@H]2CN(C(=O)C(C)(C)C)CCN2C(C)(C)C1. The first-order valence-electron chi connectivity index (χ1n) is 7.84. The Kier molecular flexibility index (Phi) is 4.08. The number of hydrogen-bond acceptors (Lipinski definition) is 3. The van der Waals surface area contributed by atoms with Crippen molar-refractivity contribution in [1.82, 2.24) is 14.7 Å². The van der Waals surface area contributed by atoms with Gasteiger partial charge in [-0.3, -0.25) is 14.5 Å². The van der Waals surface area contributed by atoms with Crippen LogP contribution in [0.3, 0.4) is 0 Å². The van der Waals surface area contributed by atoms with Crippen LogP contribution in [-0.2, 0) is 9.59 Å². The quantitative estimate of drug-likeness (QED) is 0.674. The molecule has 0 aromatic rings. The van der Waals surface area contributed by atoms with E-state index in [0.29, 0.717) is 0 Å². The highest BCUT2D eigenvalue weighted by molar-refractivity contribution is 5.81. The minimum Gasteiger partial charge on any atom is -0.339 e. The van der Waals surface area contributed by atoms with Gasteiger partial charge in [0.25, 0.3) is 0 Å². The predicted molar refractivity (Wildman–Crippen MR) is 82.9 cm³/mol. The third-order valence-electron chi connectivity index (χ3n) is 4.64. The van der Waals surface area contributed by atoms with Gasteiger partial charge in [-0.25, -0.2) is 0 Å². The Hall–Kier alpha value is -1.10. The molecule has 5 heteroatoms. The van der Waals surface area contributed by atoms with E-state index in [-0.39, 0.29) is 28.8 Å². The zero-order chi connectivity index (χ0) is 16.0. The van der Waals surface area contributed by atoms with Gasteiger partial charge in [-0.05, 0) is 13.8 Å². The van der Waals surface area contributed by atoms with E-state index >= 15 is 0 Å². The molecule has 2 fully saturated rings. The number of nitrogens with zero attached hydrogens (tertiary/aromatic N) is 3. The molecule has 0 unspecified atom stereocenters. The normalized spacial score (nSPS) is 26.5. The van der Waals surface area contributed by atoms with E-state index in [0.717, 1.165) is 32.7 Å². The number of carbonyl (C=O) groups excluding carboxylic acids is 2. The van der Waals surface area contributed by atoms with Crippen LogP contribution in [0.1, 0.15) is 41.5 Å². The number of hydrogen-bond donors (Lipinski definition) is 0. The molecule has 2 rings (SSSR count). The van der Waals surface area contributed by atoms with Crippen molar-refractivity contribution in [3.05, 3.63) is 0 Å². The van der Waals surface area contributed by atoms with E-state index in [9.17, 15) is 9.59 Å². The molecule has 0 spiro atoms. The Labute approximate surface area is 128 Å². The van der Waals surface area contributed by atoms with Crippen LogP contribution in [0.4, 0.5) is 0 Å². The number of piperazine rings is 2. The second kappa shape index (κ2) is 5.27. The molecule has 2 aliphatic heterocycles. The van der Waals surface area contributed by atoms with Crippen molar-refractivity contribution < 1.29 is 9.59 Å². The fraction of sp³-hybridized carbons (Fsp3) is 0.875. The topological polar surface area (TPSA) is 43.9 Å². The molecule has 1 atom stereocenters. The minimum absolute atomic E-state index is 0.0224. The smallest absolute Gasteiger partial charge is 0.228 e. The lowest BCUT2D eigenvalue weighted by Gasteiger charge is -2.55. The summed E-state index contributed by atoms with van der Waals surface area (Å²) in [7, 11) is 0. The molecule has 5 nitrogen and oxygen atoms in total. The Morgan fingerprint density at radius 2 is 1.62 bits per heavy atom. The minimum atomic E-state index is -0.341. The number of rotatable bonds is 0. The van der Waals surface area contributed by atoms with Crippen LogP contribution < -0.4 is 0 Å². The monoisotopic (exact) mass is 295 g/mol. The first-order valence-corrected chi connectivity index (χ1v) is 7.84. The molecular formula is C16H29N3O2. The highest BCUT2D eigenvalue weighted by Gasteiger charge is 2.44. The molecule has 2 heterocycles. The molecule has 0 saturated carbocycles. The van der Waals surface area contributed by atoms with Gasteiger partial charge in [0.15, 0.2) is 0 Å². The number of amides is 2. The summed E-state index contributed by atoms with van der Waals surface area (Å²) in [5.41, 5.74) is -0.363. The second-order valence-corrected chi connectivity index (χ2v) is 8.06. The summed E-state index contributed by atoms with van der Waals surface area (Å²) in [5.74, 6) is 0.335. The summed E-state index contributed by atoms with van der Waals surface area (Å²) in [4.78, 5) is 30.6. The van der Waals surface area contributed by atoms with Crippen LogP contribution in [-0.4, -0.2) is 70.8 Å². The van der Waals surface area contributed by atoms with Crippen molar-refractivity contribution in [2.24, 2.45) is 5.41 Å². The fourth-order valence-corrected chi connectivity index (χ4v) is 3.58. The standard InChI is InChI=1S/C16H29N3O2/c1-12(20)18-10-13-9-17(14(21)15(2,3)4)7-8-19(13)16(5,6)11-18/h13H,7-11H2,1-6H3/t13-/m0/s1. The van der Waals surface area contributed by atoms with Crippen molar-refractivity contribution in [2.45, 2.75) is 53.1 Å². The predicted octanol–water partition coefficient (Wildman–Crippen LogP) is 1.19. The molecule has 0 radical (unpaired) electrons. The Bertz CT molecular complexity index is 439. The lowest BCUT2D eigenvalue weighted by atomic mass is 9.90. The molecule has 21 heavy (non-hydrogen) atoms. The Morgan fingerprint density at radius 3 is 2.14 bits per heavy atom. The summed E-state index contributed by atoms with van der Waals surface area (Å²) in [6, 6.07) is 0.248. The third-order valence-corrected chi connectivity index (χ3v) is 4.64. The van der Waals surface area contributed by atoms with Gasteiger partial charge in [0, 0.05) is 56.6 Å². The zero-order valence-electron chi connectivity index (χ0n) is 14.3. The maximum absolute atomic E-state index is 12.5. The van der Waals surface area contributed by atoms with Crippen molar-refractivity contribution in [1.29, 1.82) is 0 Å². The van der Waals surface area contributed by atoms with Gasteiger partial charge in [-0.1, -0.05) is 20.8 Å². The third kappa shape index (κ3) is 3.23. The van der Waals surface area contributed by atoms with E-state index in [1.807, 2.05) is 30.6 Å². The highest BCUT2D eigenvalue weighted by Crippen LogP contribution is 2.29. The van der Waals surface area contributed by atoms with Gasteiger partial charge in [0.05, 0.1) is 0 Å². The fourth-order valence-electron chi connectivity index (χ4n) is 3.58. The molecule has 2 aliphatic rings. The van der Waals surface area contributed by atoms with E-state index in [2.05, 4.69) is 18.7 Å². The van der Waals surface area contributed by atoms with Gasteiger partial charge < -0.3 is 9.80 Å². The van der Waals surface area contributed by atoms with Crippen molar-refractivity contribution in [3.63, 3.8) is 0 Å². The van der Waals surface area contributed by atoms with Crippen LogP contribution in [0.5, 0.6) is 0 Å². The summed E-state index contributed by atoms with van der Waals surface area (Å²) >= 11 is 0. The maximum atomic E-state index is 12.5. The molecular weight excluding hydrogens is 266 g/mol. The summed E-state index contributed by atoms with van der Waals surface area (Å²) in [6.45, 7) is 15.8. The van der Waals surface area contributed by atoms with Gasteiger partial charge >= 0.3 is 0 Å². The molecule has 0 aromatic carbocycles. The van der Waals surface area contributed by atoms with E-state index in [1.165, 1.54) is 0 Å². The first-order chi connectivity index (χ1) is 9.52. The van der Waals surface area contributed by atoms with Crippen LogP contribution in [0.2, 0.25) is 0 Å². The molecule has 0 N–H and O–H groups in total. The molecule has 120 valence electrons. The lowest BCUT2D eigenvalue weighted by Crippen LogP contribution is -2.70. The van der Waals surface area contributed by atoms with Gasteiger partial charge in [0.1, 0.15) is 0 Å². The highest BCUT2D eigenvalue weighted by atomic mass is 16.2. The Balaban J connectivity index is 2.14. The molecule has 2 amide bonds. The molecule has 2 saturated heterocycles. The van der Waals surface area contributed by atoms with Crippen molar-refractivity contribution >= 4 is 11.8 Å². The maximum Gasteiger partial charge on any atom is 0.228 e. The van der Waals surface area contributed by atoms with E-state index < -0.39 is 0 Å². The zero-order valence-corrected chi connectivity index (χ0v) is 14.3. The van der Waals surface area contributed by atoms with Crippen LogP contribution >= 0.6 is 0 Å². The molecule has 0 bridgehead atoms. The second-order valence-electron chi connectivity index (χ2n) is 8.06. The van der Waals surface area contributed by atoms with Crippen molar-refractivity contribution in [2.75, 3.05) is 32.7 Å². The van der Waals surface area contributed by atoms with Crippen LogP contribution in [0, 0.1) is 5.41 Å². The summed E-state index contributed by atoms with van der Waals surface area (Å²) < 4.78 is 0. The largest absolute Gasteiger partial charge is 0.339 e. The average Bonchev–Trinajstić information content (AvgIpc) is 2.35. The first kappa shape index (κ1) is 16.3. The number of fused-ring (bicyclic) bond motifs is 1. The molecule has 0 aliphatic carbocycles. The van der Waals surface area contributed by atoms with E-state index in [1.54, 1.807) is 6.92 Å². The van der Waals surface area contributed by atoms with Crippen LogP contribution in [0.15, 0.2) is 0 Å². The van der Waals surface area contributed by atoms with Crippen molar-refractivity contribution in [3.8, 4) is 0 Å². The summed E-state index contributed by atoms with van der Waals surface area (Å²) in [6.07, 6.45) is 0. The van der Waals surface area contributed by atoms with Gasteiger partial charge in [-0.15, -0.1) is 0 Å².